The summed E-state index contributed by atoms with van der Waals surface area (Å²) in [4.78, 5) is 0. The number of rotatable bonds is 3. The predicted molar refractivity (Wildman–Crippen MR) is 43.1 cm³/mol. The summed E-state index contributed by atoms with van der Waals surface area (Å²) >= 11 is 0. The van der Waals surface area contributed by atoms with Crippen LogP contribution in [0, 0.1) is 6.92 Å². The van der Waals surface area contributed by atoms with Gasteiger partial charge in [-0.2, -0.15) is 0 Å². The predicted octanol–water partition coefficient (Wildman–Crippen LogP) is 2.90. The molecule has 49 valence electrons. The fraction of sp³-hybridized carbons (Fsp3) is 0.222. The summed E-state index contributed by atoms with van der Waals surface area (Å²) in [7, 11) is 0. The van der Waals surface area contributed by atoms with Gasteiger partial charge in [-0.05, 0) is 13.3 Å². The maximum absolute atomic E-state index is 3.55. The second kappa shape index (κ2) is 7.22. The molecule has 0 amide bonds. The molecule has 0 aliphatic heterocycles. The zero-order chi connectivity index (χ0) is 6.95. The summed E-state index contributed by atoms with van der Waals surface area (Å²) in [6.07, 6.45) is 12.8. The molecule has 0 aromatic rings. The zero-order valence-corrected chi connectivity index (χ0v) is 5.88. The van der Waals surface area contributed by atoms with Gasteiger partial charge in [-0.1, -0.05) is 43.4 Å². The molecule has 0 aliphatic carbocycles. The SMILES string of the molecule is [CH2]C=CC=CC=CCC. The first-order valence-corrected chi connectivity index (χ1v) is 3.19. The monoisotopic (exact) mass is 121 g/mol. The topological polar surface area (TPSA) is 0 Å². The fourth-order valence-corrected chi connectivity index (χ4v) is 0.422. The molecule has 0 atom stereocenters. The Balaban J connectivity index is 3.35. The van der Waals surface area contributed by atoms with E-state index in [4.69, 9.17) is 0 Å². The summed E-state index contributed by atoms with van der Waals surface area (Å²) in [6, 6.07) is 0. The Morgan fingerprint density at radius 3 is 2.33 bits per heavy atom. The molecule has 9 heavy (non-hydrogen) atoms. The van der Waals surface area contributed by atoms with Crippen molar-refractivity contribution < 1.29 is 0 Å². The molecule has 0 unspecified atom stereocenters. The molecule has 0 heteroatoms. The maximum Gasteiger partial charge on any atom is -0.0313 e. The van der Waals surface area contributed by atoms with Gasteiger partial charge in [0.2, 0.25) is 0 Å². The fourth-order valence-electron chi connectivity index (χ4n) is 0.422. The van der Waals surface area contributed by atoms with Crippen molar-refractivity contribution >= 4 is 0 Å². The molecule has 0 fully saturated rings. The van der Waals surface area contributed by atoms with Crippen molar-refractivity contribution in [1.29, 1.82) is 0 Å². The Bertz CT molecular complexity index is 116. The van der Waals surface area contributed by atoms with Gasteiger partial charge in [0.15, 0.2) is 0 Å². The molecule has 0 aromatic carbocycles. The van der Waals surface area contributed by atoms with Crippen LogP contribution >= 0.6 is 0 Å². The van der Waals surface area contributed by atoms with Crippen LogP contribution in [0.3, 0.4) is 0 Å². The molecule has 0 aliphatic rings. The molecule has 0 saturated carbocycles. The lowest BCUT2D eigenvalue weighted by molar-refractivity contribution is 1.22. The van der Waals surface area contributed by atoms with Crippen LogP contribution in [-0.2, 0) is 0 Å². The molecular formula is C9H13. The van der Waals surface area contributed by atoms with Gasteiger partial charge >= 0.3 is 0 Å². The van der Waals surface area contributed by atoms with Crippen molar-refractivity contribution in [3.63, 3.8) is 0 Å². The van der Waals surface area contributed by atoms with E-state index >= 15 is 0 Å². The average molecular weight is 121 g/mol. The van der Waals surface area contributed by atoms with Gasteiger partial charge < -0.3 is 0 Å². The van der Waals surface area contributed by atoms with E-state index in [1.165, 1.54) is 0 Å². The Labute approximate surface area is 57.6 Å². The van der Waals surface area contributed by atoms with Gasteiger partial charge in [-0.25, -0.2) is 0 Å². The Kier molecular flexibility index (Phi) is 6.59. The van der Waals surface area contributed by atoms with Crippen LogP contribution < -0.4 is 0 Å². The largest absolute Gasteiger partial charge is 0.0848 e. The highest BCUT2D eigenvalue weighted by Gasteiger charge is 1.60. The van der Waals surface area contributed by atoms with Crippen molar-refractivity contribution in [2.45, 2.75) is 13.3 Å². The highest BCUT2D eigenvalue weighted by atomic mass is 13.7. The van der Waals surface area contributed by atoms with E-state index in [1.54, 1.807) is 6.08 Å². The highest BCUT2D eigenvalue weighted by Crippen LogP contribution is 1.82. The van der Waals surface area contributed by atoms with Crippen LogP contribution in [0.2, 0.25) is 0 Å². The third-order valence-electron chi connectivity index (χ3n) is 0.841. The molecular weight excluding hydrogens is 108 g/mol. The molecule has 0 bridgehead atoms. The smallest absolute Gasteiger partial charge is 0.0313 e. The van der Waals surface area contributed by atoms with Crippen LogP contribution in [0.5, 0.6) is 0 Å². The van der Waals surface area contributed by atoms with E-state index in [0.717, 1.165) is 6.42 Å². The molecule has 0 spiro atoms. The third kappa shape index (κ3) is 7.22. The standard InChI is InChI=1S/C9H13/c1-3-5-7-9-8-6-4-2/h3,5-9H,1,4H2,2H3. The first-order valence-electron chi connectivity index (χ1n) is 3.19. The molecule has 1 radical (unpaired) electrons. The highest BCUT2D eigenvalue weighted by molar-refractivity contribution is 5.11. The molecule has 0 N–H and O–H groups in total. The van der Waals surface area contributed by atoms with Crippen LogP contribution in [0.15, 0.2) is 36.5 Å². The van der Waals surface area contributed by atoms with Gasteiger partial charge in [0.1, 0.15) is 0 Å². The lowest BCUT2D eigenvalue weighted by Gasteiger charge is -1.72. The van der Waals surface area contributed by atoms with E-state index in [0.29, 0.717) is 0 Å². The summed E-state index contributed by atoms with van der Waals surface area (Å²) in [5.74, 6) is 0. The normalized spacial score (nSPS) is 12.7. The van der Waals surface area contributed by atoms with Crippen LogP contribution in [0.4, 0.5) is 0 Å². The van der Waals surface area contributed by atoms with Crippen molar-refractivity contribution in [3.8, 4) is 0 Å². The van der Waals surface area contributed by atoms with Gasteiger partial charge in [0.05, 0.1) is 0 Å². The van der Waals surface area contributed by atoms with Crippen molar-refractivity contribution in [1.82, 2.24) is 0 Å². The minimum Gasteiger partial charge on any atom is -0.0848 e. The zero-order valence-electron chi connectivity index (χ0n) is 5.88. The first kappa shape index (κ1) is 8.22. The number of hydrogen-bond donors (Lipinski definition) is 0. The van der Waals surface area contributed by atoms with Crippen molar-refractivity contribution in [2.75, 3.05) is 0 Å². The van der Waals surface area contributed by atoms with E-state index in [2.05, 4.69) is 19.9 Å². The van der Waals surface area contributed by atoms with E-state index in [-0.39, 0.29) is 0 Å². The summed E-state index contributed by atoms with van der Waals surface area (Å²) < 4.78 is 0. The maximum atomic E-state index is 3.55. The second-order valence-corrected chi connectivity index (χ2v) is 1.65. The average Bonchev–Trinajstić information content (AvgIpc) is 1.89. The lowest BCUT2D eigenvalue weighted by Crippen LogP contribution is -1.51. The van der Waals surface area contributed by atoms with E-state index < -0.39 is 0 Å². The number of allylic oxidation sites excluding steroid dienone is 6. The minimum atomic E-state index is 1.10. The molecule has 0 aromatic heterocycles. The third-order valence-corrected chi connectivity index (χ3v) is 0.841. The molecule has 0 heterocycles. The van der Waals surface area contributed by atoms with Gasteiger partial charge in [-0.15, -0.1) is 0 Å². The van der Waals surface area contributed by atoms with Crippen molar-refractivity contribution in [2.24, 2.45) is 0 Å². The van der Waals surface area contributed by atoms with Crippen LogP contribution in [0.25, 0.3) is 0 Å². The molecule has 0 nitrogen and oxygen atoms in total. The van der Waals surface area contributed by atoms with Gasteiger partial charge in [0, 0.05) is 0 Å². The van der Waals surface area contributed by atoms with E-state index in [1.807, 2.05) is 24.3 Å². The van der Waals surface area contributed by atoms with E-state index in [9.17, 15) is 0 Å². The van der Waals surface area contributed by atoms with Crippen molar-refractivity contribution in [3.05, 3.63) is 43.4 Å². The summed E-state index contributed by atoms with van der Waals surface area (Å²) in [6.45, 7) is 5.66. The Morgan fingerprint density at radius 1 is 1.11 bits per heavy atom. The Hall–Kier alpha value is -0.780. The summed E-state index contributed by atoms with van der Waals surface area (Å²) in [5, 5.41) is 0. The second-order valence-electron chi connectivity index (χ2n) is 1.65. The number of hydrogen-bond acceptors (Lipinski definition) is 0. The summed E-state index contributed by atoms with van der Waals surface area (Å²) in [5.41, 5.74) is 0. The lowest BCUT2D eigenvalue weighted by atomic mass is 10.4. The van der Waals surface area contributed by atoms with Gasteiger partial charge in [-0.3, -0.25) is 0 Å². The Morgan fingerprint density at radius 2 is 1.78 bits per heavy atom. The van der Waals surface area contributed by atoms with Gasteiger partial charge in [0.25, 0.3) is 0 Å². The first-order chi connectivity index (χ1) is 4.41. The quantitative estimate of drug-likeness (QED) is 0.503. The minimum absolute atomic E-state index is 1.10. The van der Waals surface area contributed by atoms with Crippen LogP contribution in [-0.4, -0.2) is 0 Å². The molecule has 0 rings (SSSR count). The molecule has 0 saturated heterocycles. The van der Waals surface area contributed by atoms with Crippen LogP contribution in [0.1, 0.15) is 13.3 Å².